The van der Waals surface area contributed by atoms with E-state index in [2.05, 4.69) is 25.1 Å². The predicted octanol–water partition coefficient (Wildman–Crippen LogP) is 2.66. The number of carbonyl (C=O) groups excluding carboxylic acids is 1. The maximum Gasteiger partial charge on any atom is 0.225 e. The third-order valence-corrected chi connectivity index (χ3v) is 7.14. The molecule has 1 saturated heterocycles. The summed E-state index contributed by atoms with van der Waals surface area (Å²) in [5.41, 5.74) is 3.57. The van der Waals surface area contributed by atoms with E-state index >= 15 is 0 Å². The van der Waals surface area contributed by atoms with Crippen molar-refractivity contribution in [3.8, 4) is 0 Å². The van der Waals surface area contributed by atoms with Crippen LogP contribution in [-0.4, -0.2) is 72.7 Å². The van der Waals surface area contributed by atoms with Crippen LogP contribution in [0.3, 0.4) is 0 Å². The maximum atomic E-state index is 12.2. The largest absolute Gasteiger partial charge is 0.392 e. The SMILES string of the molecule is Cc1cccc(C[C@H](O)C=C[C@@H]2[C@H]3CC(COCCC(=O)N4CCOCC4)=C[C@H]3C[C@H]2O)c1. The smallest absolute Gasteiger partial charge is 0.225 e. The third-order valence-electron chi connectivity index (χ3n) is 7.14. The van der Waals surface area contributed by atoms with Crippen molar-refractivity contribution in [2.24, 2.45) is 17.8 Å². The zero-order valence-corrected chi connectivity index (χ0v) is 19.6. The highest BCUT2D eigenvalue weighted by atomic mass is 16.5. The van der Waals surface area contributed by atoms with Gasteiger partial charge in [-0.15, -0.1) is 0 Å². The number of aliphatic hydroxyl groups excluding tert-OH is 2. The van der Waals surface area contributed by atoms with Crippen LogP contribution in [0, 0.1) is 24.7 Å². The van der Waals surface area contributed by atoms with Crippen LogP contribution in [0.2, 0.25) is 0 Å². The van der Waals surface area contributed by atoms with Crippen molar-refractivity contribution in [3.63, 3.8) is 0 Å². The number of benzene rings is 1. The summed E-state index contributed by atoms with van der Waals surface area (Å²) in [5, 5.41) is 21.1. The van der Waals surface area contributed by atoms with E-state index in [4.69, 9.17) is 9.47 Å². The number of hydrogen-bond acceptors (Lipinski definition) is 5. The summed E-state index contributed by atoms with van der Waals surface area (Å²) in [4.78, 5) is 14.1. The van der Waals surface area contributed by atoms with Crippen LogP contribution >= 0.6 is 0 Å². The minimum Gasteiger partial charge on any atom is -0.392 e. The van der Waals surface area contributed by atoms with E-state index in [0.717, 1.165) is 18.4 Å². The molecule has 1 aromatic rings. The van der Waals surface area contributed by atoms with Gasteiger partial charge in [-0.2, -0.15) is 0 Å². The van der Waals surface area contributed by atoms with Crippen LogP contribution in [0.1, 0.15) is 30.4 Å². The Hall–Kier alpha value is -1.99. The second kappa shape index (κ2) is 11.4. The van der Waals surface area contributed by atoms with Crippen LogP contribution < -0.4 is 0 Å². The minimum atomic E-state index is -0.556. The summed E-state index contributed by atoms with van der Waals surface area (Å²) in [6.07, 6.45) is 7.85. The molecule has 6 heteroatoms. The van der Waals surface area contributed by atoms with Crippen LogP contribution in [0.5, 0.6) is 0 Å². The Kier molecular flexibility index (Phi) is 8.36. The lowest BCUT2D eigenvalue weighted by atomic mass is 9.89. The van der Waals surface area contributed by atoms with Gasteiger partial charge in [-0.25, -0.2) is 0 Å². The number of ether oxygens (including phenoxy) is 2. The zero-order valence-electron chi connectivity index (χ0n) is 19.6. The van der Waals surface area contributed by atoms with Crippen molar-refractivity contribution in [1.29, 1.82) is 0 Å². The number of morpholine rings is 1. The molecular weight excluding hydrogens is 418 g/mol. The molecule has 1 amide bonds. The van der Waals surface area contributed by atoms with Gasteiger partial charge in [-0.05, 0) is 42.7 Å². The van der Waals surface area contributed by atoms with Gasteiger partial charge in [0.15, 0.2) is 0 Å². The summed E-state index contributed by atoms with van der Waals surface area (Å²) in [7, 11) is 0. The standard InChI is InChI=1S/C27H37NO5/c1-19-3-2-4-20(13-19)15-23(29)5-6-24-25-16-21(14-22(25)17-26(24)30)18-33-10-7-27(31)28-8-11-32-12-9-28/h2-6,13-14,22-26,29-30H,7-12,15-18H2,1H3/t22-,23+,24+,25-,26+/m0/s1. The molecule has 2 N–H and O–H groups in total. The molecule has 4 rings (SSSR count). The summed E-state index contributed by atoms with van der Waals surface area (Å²) < 4.78 is 11.1. The summed E-state index contributed by atoms with van der Waals surface area (Å²) in [5.74, 6) is 0.903. The molecule has 6 nitrogen and oxygen atoms in total. The Morgan fingerprint density at radius 1 is 1.33 bits per heavy atom. The van der Waals surface area contributed by atoms with E-state index < -0.39 is 6.10 Å². The Balaban J connectivity index is 1.21. The van der Waals surface area contributed by atoms with E-state index in [9.17, 15) is 15.0 Å². The number of aliphatic hydroxyl groups is 2. The average Bonchev–Trinajstić information content (AvgIpc) is 3.32. The Morgan fingerprint density at radius 2 is 2.15 bits per heavy atom. The molecular formula is C27H37NO5. The molecule has 3 aliphatic rings. The molecule has 33 heavy (non-hydrogen) atoms. The molecule has 2 fully saturated rings. The summed E-state index contributed by atoms with van der Waals surface area (Å²) in [6.45, 7) is 5.61. The lowest BCUT2D eigenvalue weighted by molar-refractivity contribution is -0.136. The lowest BCUT2D eigenvalue weighted by Gasteiger charge is -2.26. The predicted molar refractivity (Wildman–Crippen MR) is 127 cm³/mol. The third kappa shape index (κ3) is 6.54. The quantitative estimate of drug-likeness (QED) is 0.442. The van der Waals surface area contributed by atoms with Gasteiger partial charge in [0.2, 0.25) is 5.91 Å². The highest BCUT2D eigenvalue weighted by Gasteiger charge is 2.43. The summed E-state index contributed by atoms with van der Waals surface area (Å²) >= 11 is 0. The molecule has 1 aliphatic heterocycles. The molecule has 5 atom stereocenters. The topological polar surface area (TPSA) is 79.2 Å². The van der Waals surface area contributed by atoms with Crippen molar-refractivity contribution in [2.45, 2.75) is 44.8 Å². The molecule has 2 aliphatic carbocycles. The number of hydrogen-bond donors (Lipinski definition) is 2. The van der Waals surface area contributed by atoms with Gasteiger partial charge in [0.25, 0.3) is 0 Å². The van der Waals surface area contributed by atoms with Crippen LogP contribution in [-0.2, 0) is 20.7 Å². The Bertz CT molecular complexity index is 860. The summed E-state index contributed by atoms with van der Waals surface area (Å²) in [6, 6.07) is 8.20. The number of aryl methyl sites for hydroxylation is 1. The first-order chi connectivity index (χ1) is 16.0. The second-order valence-electron chi connectivity index (χ2n) is 9.68. The molecule has 0 radical (unpaired) electrons. The zero-order chi connectivity index (χ0) is 23.2. The minimum absolute atomic E-state index is 0.0545. The fourth-order valence-electron chi connectivity index (χ4n) is 5.45. The monoisotopic (exact) mass is 455 g/mol. The molecule has 1 saturated carbocycles. The second-order valence-corrected chi connectivity index (χ2v) is 9.68. The number of amides is 1. The number of rotatable bonds is 9. The van der Waals surface area contributed by atoms with E-state index in [-0.39, 0.29) is 17.9 Å². The van der Waals surface area contributed by atoms with Gasteiger partial charge in [-0.1, -0.05) is 48.1 Å². The van der Waals surface area contributed by atoms with Crippen molar-refractivity contribution < 1.29 is 24.5 Å². The molecule has 0 aromatic heterocycles. The van der Waals surface area contributed by atoms with Gasteiger partial charge < -0.3 is 24.6 Å². The molecule has 0 spiro atoms. The number of carbonyl (C=O) groups is 1. The van der Waals surface area contributed by atoms with Gasteiger partial charge in [0, 0.05) is 25.4 Å². The average molecular weight is 456 g/mol. The Labute approximate surface area is 196 Å². The van der Waals surface area contributed by atoms with Gasteiger partial charge in [0.05, 0.1) is 45.1 Å². The van der Waals surface area contributed by atoms with Crippen molar-refractivity contribution >= 4 is 5.91 Å². The first-order valence-electron chi connectivity index (χ1n) is 12.2. The number of nitrogens with zero attached hydrogens (tertiary/aromatic N) is 1. The van der Waals surface area contributed by atoms with Crippen LogP contribution in [0.25, 0.3) is 0 Å². The fourth-order valence-corrected chi connectivity index (χ4v) is 5.45. The molecule has 1 heterocycles. The van der Waals surface area contributed by atoms with Gasteiger partial charge in [0.1, 0.15) is 0 Å². The lowest BCUT2D eigenvalue weighted by Crippen LogP contribution is -2.41. The van der Waals surface area contributed by atoms with Gasteiger partial charge in [-0.3, -0.25) is 4.79 Å². The highest BCUT2D eigenvalue weighted by molar-refractivity contribution is 5.76. The van der Waals surface area contributed by atoms with E-state index in [0.29, 0.717) is 64.2 Å². The normalized spacial score (nSPS) is 28.2. The first-order valence-corrected chi connectivity index (χ1v) is 12.2. The van der Waals surface area contributed by atoms with E-state index in [1.165, 1.54) is 11.1 Å². The van der Waals surface area contributed by atoms with Crippen LogP contribution in [0.15, 0.2) is 48.1 Å². The first kappa shape index (κ1) is 24.1. The highest BCUT2D eigenvalue weighted by Crippen LogP contribution is 2.47. The van der Waals surface area contributed by atoms with Crippen molar-refractivity contribution in [2.75, 3.05) is 39.5 Å². The van der Waals surface area contributed by atoms with E-state index in [1.54, 1.807) is 0 Å². The number of allylic oxidation sites excluding steroid dienone is 1. The maximum absolute atomic E-state index is 12.2. The molecule has 1 aromatic carbocycles. The fraction of sp³-hybridized carbons (Fsp3) is 0.593. The molecule has 0 unspecified atom stereocenters. The van der Waals surface area contributed by atoms with Crippen molar-refractivity contribution in [1.82, 2.24) is 4.90 Å². The van der Waals surface area contributed by atoms with Crippen LogP contribution in [0.4, 0.5) is 0 Å². The van der Waals surface area contributed by atoms with E-state index in [1.807, 2.05) is 29.2 Å². The van der Waals surface area contributed by atoms with Gasteiger partial charge >= 0.3 is 0 Å². The number of fused-ring (bicyclic) bond motifs is 1. The molecule has 0 bridgehead atoms. The Morgan fingerprint density at radius 3 is 2.94 bits per heavy atom. The molecule has 180 valence electrons. The van der Waals surface area contributed by atoms with Crippen molar-refractivity contribution in [3.05, 3.63) is 59.2 Å².